The molecule has 3 rings (SSSR count). The summed E-state index contributed by atoms with van der Waals surface area (Å²) in [6.45, 7) is 5.63. The highest BCUT2D eigenvalue weighted by Crippen LogP contribution is 2.32. The zero-order valence-corrected chi connectivity index (χ0v) is 16.3. The lowest BCUT2D eigenvalue weighted by molar-refractivity contribution is -0.116. The average Bonchev–Trinajstić information content (AvgIpc) is 3.02. The Balaban J connectivity index is 1.67. The first-order chi connectivity index (χ1) is 12.9. The van der Waals surface area contributed by atoms with Crippen LogP contribution in [-0.2, 0) is 9.53 Å². The van der Waals surface area contributed by atoms with E-state index >= 15 is 0 Å². The molecular formula is C19H21N3O4S. The smallest absolute Gasteiger partial charge is 0.338 e. The van der Waals surface area contributed by atoms with Gasteiger partial charge < -0.3 is 10.1 Å². The largest absolute Gasteiger partial charge is 0.462 e. The lowest BCUT2D eigenvalue weighted by atomic mass is 10.2. The molecule has 0 aliphatic carbocycles. The van der Waals surface area contributed by atoms with Crippen molar-refractivity contribution in [1.29, 1.82) is 0 Å². The number of aryl methyl sites for hydroxylation is 1. The van der Waals surface area contributed by atoms with Crippen molar-refractivity contribution in [1.82, 2.24) is 9.55 Å². The van der Waals surface area contributed by atoms with Gasteiger partial charge in [0, 0.05) is 29.1 Å². The minimum absolute atomic E-state index is 0.0842. The number of ether oxygens (including phenoxy) is 1. The fraction of sp³-hybridized carbons (Fsp3) is 0.368. The number of anilines is 1. The van der Waals surface area contributed by atoms with Gasteiger partial charge in [-0.15, -0.1) is 0 Å². The van der Waals surface area contributed by atoms with Gasteiger partial charge in [-0.25, -0.2) is 9.78 Å². The second-order valence-electron chi connectivity index (χ2n) is 6.29. The topological polar surface area (TPSA) is 90.3 Å². The molecule has 1 atom stereocenters. The standard InChI is InChI=1S/C19H21N3O4S/c1-4-26-18(25)13-5-7-14(8-6-13)21-16(23)9-15-10-27-19-20-12(3)11(2)17(24)22(15)19/h5-8,15H,4,9-10H2,1-3H3,(H,21,23). The molecule has 0 fully saturated rings. The van der Waals surface area contributed by atoms with E-state index in [2.05, 4.69) is 10.3 Å². The third kappa shape index (κ3) is 4.05. The van der Waals surface area contributed by atoms with E-state index in [1.54, 1.807) is 42.7 Å². The third-order valence-electron chi connectivity index (χ3n) is 4.42. The van der Waals surface area contributed by atoms with Gasteiger partial charge >= 0.3 is 5.97 Å². The molecule has 7 nitrogen and oxygen atoms in total. The van der Waals surface area contributed by atoms with Crippen molar-refractivity contribution in [3.8, 4) is 0 Å². The number of carbonyl (C=O) groups is 2. The number of amides is 1. The highest BCUT2D eigenvalue weighted by Gasteiger charge is 2.28. The van der Waals surface area contributed by atoms with E-state index in [1.165, 1.54) is 11.8 Å². The number of hydrogen-bond donors (Lipinski definition) is 1. The van der Waals surface area contributed by atoms with Crippen molar-refractivity contribution < 1.29 is 14.3 Å². The van der Waals surface area contributed by atoms with Crippen LogP contribution in [0.25, 0.3) is 0 Å². The second kappa shape index (κ2) is 7.96. The maximum atomic E-state index is 12.5. The van der Waals surface area contributed by atoms with Crippen LogP contribution >= 0.6 is 11.8 Å². The summed E-state index contributed by atoms with van der Waals surface area (Å²) in [6, 6.07) is 6.30. The quantitative estimate of drug-likeness (QED) is 0.627. The van der Waals surface area contributed by atoms with E-state index in [0.717, 1.165) is 5.69 Å². The van der Waals surface area contributed by atoms with Crippen LogP contribution in [0.15, 0.2) is 34.2 Å². The summed E-state index contributed by atoms with van der Waals surface area (Å²) < 4.78 is 6.55. The molecule has 2 heterocycles. The lowest BCUT2D eigenvalue weighted by Crippen LogP contribution is -2.29. The highest BCUT2D eigenvalue weighted by molar-refractivity contribution is 7.99. The van der Waals surface area contributed by atoms with Gasteiger partial charge in [-0.05, 0) is 45.0 Å². The Bertz CT molecular complexity index is 937. The van der Waals surface area contributed by atoms with Crippen molar-refractivity contribution in [3.05, 3.63) is 51.4 Å². The van der Waals surface area contributed by atoms with Crippen LogP contribution in [0.2, 0.25) is 0 Å². The van der Waals surface area contributed by atoms with Crippen LogP contribution < -0.4 is 10.9 Å². The third-order valence-corrected chi connectivity index (χ3v) is 5.52. The molecule has 1 N–H and O–H groups in total. The summed E-state index contributed by atoms with van der Waals surface area (Å²) in [7, 11) is 0. The number of esters is 1. The molecule has 0 saturated carbocycles. The SMILES string of the molecule is CCOC(=O)c1ccc(NC(=O)CC2CSc3nc(C)c(C)c(=O)n32)cc1. The molecule has 0 spiro atoms. The Morgan fingerprint density at radius 1 is 1.30 bits per heavy atom. The molecule has 1 amide bonds. The Labute approximate surface area is 161 Å². The molecule has 8 heteroatoms. The summed E-state index contributed by atoms with van der Waals surface area (Å²) in [6.07, 6.45) is 0.184. The van der Waals surface area contributed by atoms with Gasteiger partial charge in [-0.1, -0.05) is 11.8 Å². The Hall–Kier alpha value is -2.61. The maximum absolute atomic E-state index is 12.5. The molecule has 0 radical (unpaired) electrons. The van der Waals surface area contributed by atoms with Gasteiger partial charge in [0.25, 0.3) is 5.56 Å². The number of rotatable bonds is 5. The molecule has 0 saturated heterocycles. The molecule has 1 unspecified atom stereocenters. The zero-order valence-electron chi connectivity index (χ0n) is 15.4. The second-order valence-corrected chi connectivity index (χ2v) is 7.28. The van der Waals surface area contributed by atoms with E-state index < -0.39 is 5.97 Å². The van der Waals surface area contributed by atoms with Gasteiger partial charge in [-0.3, -0.25) is 14.2 Å². The highest BCUT2D eigenvalue weighted by atomic mass is 32.2. The molecule has 2 aromatic rings. The fourth-order valence-corrected chi connectivity index (χ4v) is 4.03. The van der Waals surface area contributed by atoms with Gasteiger partial charge in [-0.2, -0.15) is 0 Å². The first-order valence-corrected chi connectivity index (χ1v) is 9.68. The zero-order chi connectivity index (χ0) is 19.6. The van der Waals surface area contributed by atoms with Gasteiger partial charge in [0.1, 0.15) is 0 Å². The van der Waals surface area contributed by atoms with E-state index in [4.69, 9.17) is 4.74 Å². The van der Waals surface area contributed by atoms with Crippen LogP contribution in [0.1, 0.15) is 41.0 Å². The fourth-order valence-electron chi connectivity index (χ4n) is 2.85. The summed E-state index contributed by atoms with van der Waals surface area (Å²) in [5.41, 5.74) is 2.27. The number of nitrogens with zero attached hydrogens (tertiary/aromatic N) is 2. The Morgan fingerprint density at radius 3 is 2.67 bits per heavy atom. The van der Waals surface area contributed by atoms with Crippen molar-refractivity contribution in [2.24, 2.45) is 0 Å². The Kier molecular flexibility index (Phi) is 5.65. The minimum Gasteiger partial charge on any atom is -0.462 e. The van der Waals surface area contributed by atoms with Crippen molar-refractivity contribution in [2.45, 2.75) is 38.4 Å². The number of carbonyl (C=O) groups excluding carboxylic acids is 2. The van der Waals surface area contributed by atoms with E-state index in [9.17, 15) is 14.4 Å². The van der Waals surface area contributed by atoms with E-state index in [-0.39, 0.29) is 23.9 Å². The number of thioether (sulfide) groups is 1. The van der Waals surface area contributed by atoms with Crippen LogP contribution in [0.3, 0.4) is 0 Å². The molecule has 1 aliphatic rings. The Morgan fingerprint density at radius 2 is 2.00 bits per heavy atom. The monoisotopic (exact) mass is 387 g/mol. The number of nitrogens with one attached hydrogen (secondary N) is 1. The average molecular weight is 387 g/mol. The first-order valence-electron chi connectivity index (χ1n) is 8.70. The van der Waals surface area contributed by atoms with Gasteiger partial charge in [0.2, 0.25) is 5.91 Å². The van der Waals surface area contributed by atoms with Gasteiger partial charge in [0.15, 0.2) is 5.16 Å². The molecule has 1 aliphatic heterocycles. The summed E-state index contributed by atoms with van der Waals surface area (Å²) in [4.78, 5) is 41.0. The number of fused-ring (bicyclic) bond motifs is 1. The van der Waals surface area contributed by atoms with Crippen molar-refractivity contribution in [2.75, 3.05) is 17.7 Å². The van der Waals surface area contributed by atoms with Gasteiger partial charge in [0.05, 0.1) is 18.2 Å². The number of aromatic nitrogens is 2. The number of benzene rings is 1. The maximum Gasteiger partial charge on any atom is 0.338 e. The number of hydrogen-bond acceptors (Lipinski definition) is 6. The molecule has 27 heavy (non-hydrogen) atoms. The van der Waals surface area contributed by atoms with Crippen LogP contribution in [0.5, 0.6) is 0 Å². The molecule has 0 bridgehead atoms. The molecule has 142 valence electrons. The van der Waals surface area contributed by atoms with Crippen LogP contribution in [-0.4, -0.2) is 33.8 Å². The predicted octanol–water partition coefficient (Wildman–Crippen LogP) is 2.71. The van der Waals surface area contributed by atoms with Crippen LogP contribution in [0.4, 0.5) is 5.69 Å². The summed E-state index contributed by atoms with van der Waals surface area (Å²) in [5.74, 6) is 0.0512. The molecule has 1 aromatic heterocycles. The molecule has 1 aromatic carbocycles. The lowest BCUT2D eigenvalue weighted by Gasteiger charge is -2.14. The van der Waals surface area contributed by atoms with E-state index in [0.29, 0.717) is 34.3 Å². The van der Waals surface area contributed by atoms with Crippen molar-refractivity contribution in [3.63, 3.8) is 0 Å². The normalized spacial score (nSPS) is 15.3. The van der Waals surface area contributed by atoms with Crippen LogP contribution in [0, 0.1) is 13.8 Å². The van der Waals surface area contributed by atoms with E-state index in [1.807, 2.05) is 6.92 Å². The minimum atomic E-state index is -0.396. The van der Waals surface area contributed by atoms with Crippen molar-refractivity contribution >= 4 is 29.3 Å². The predicted molar refractivity (Wildman–Crippen MR) is 103 cm³/mol. The summed E-state index contributed by atoms with van der Waals surface area (Å²) >= 11 is 1.49. The summed E-state index contributed by atoms with van der Waals surface area (Å²) in [5, 5.41) is 3.47. The molecular weight excluding hydrogens is 366 g/mol. The first kappa shape index (κ1) is 19.2.